The van der Waals surface area contributed by atoms with Gasteiger partial charge >= 0.3 is 6.03 Å². The molecule has 1 unspecified atom stereocenters. The van der Waals surface area contributed by atoms with Crippen molar-refractivity contribution in [2.75, 3.05) is 6.54 Å². The fourth-order valence-corrected chi connectivity index (χ4v) is 2.20. The van der Waals surface area contributed by atoms with E-state index in [1.54, 1.807) is 6.92 Å². The predicted octanol–water partition coefficient (Wildman–Crippen LogP) is 0.947. The number of rotatable bonds is 3. The molecule has 9 nitrogen and oxygen atoms in total. The summed E-state index contributed by atoms with van der Waals surface area (Å²) in [7, 11) is 0. The number of nitrogens with zero attached hydrogens (tertiary/aromatic N) is 5. The van der Waals surface area contributed by atoms with Gasteiger partial charge in [-0.05, 0) is 18.0 Å². The maximum atomic E-state index is 11.8. The number of amides is 2. The van der Waals surface area contributed by atoms with Crippen molar-refractivity contribution in [2.24, 2.45) is 5.11 Å². The summed E-state index contributed by atoms with van der Waals surface area (Å²) in [6.45, 7) is 8.62. The monoisotopic (exact) mass is 278 g/mol. The number of nitrogens with one attached hydrogen (secondary N) is 1. The maximum Gasteiger partial charge on any atom is 0.325 e. The molecule has 0 aromatic rings. The largest absolute Gasteiger partial charge is 0.370 e. The van der Waals surface area contributed by atoms with E-state index in [4.69, 9.17) is 16.8 Å². The number of ether oxygens (including phenoxy) is 1. The van der Waals surface area contributed by atoms with E-state index in [1.807, 2.05) is 0 Å². The lowest BCUT2D eigenvalue weighted by molar-refractivity contribution is -0.0172. The minimum atomic E-state index is -1.01. The highest BCUT2D eigenvalue weighted by Crippen LogP contribution is 2.28. The van der Waals surface area contributed by atoms with Gasteiger partial charge in [0.2, 0.25) is 6.54 Å². The molecule has 2 amide bonds. The van der Waals surface area contributed by atoms with Gasteiger partial charge in [-0.1, -0.05) is 5.11 Å². The summed E-state index contributed by atoms with van der Waals surface area (Å²) in [5.41, 5.74) is 9.10. The maximum absolute atomic E-state index is 11.8. The molecule has 9 heteroatoms. The van der Waals surface area contributed by atoms with Gasteiger partial charge in [0.25, 0.3) is 0 Å². The lowest BCUT2D eigenvalue weighted by Crippen LogP contribution is -2.51. The first kappa shape index (κ1) is 14.1. The van der Waals surface area contributed by atoms with Crippen LogP contribution in [0.4, 0.5) is 4.79 Å². The van der Waals surface area contributed by atoms with Crippen LogP contribution in [0.1, 0.15) is 13.3 Å². The van der Waals surface area contributed by atoms with E-state index < -0.39 is 30.6 Å². The van der Waals surface area contributed by atoms with Gasteiger partial charge in [-0.15, -0.1) is 0 Å². The van der Waals surface area contributed by atoms with Crippen LogP contribution in [0, 0.1) is 6.57 Å². The number of carbonyl (C=O) groups excluding carboxylic acids is 1. The summed E-state index contributed by atoms with van der Waals surface area (Å²) in [4.78, 5) is 19.1. The first-order valence-corrected chi connectivity index (χ1v) is 6.05. The van der Waals surface area contributed by atoms with E-state index >= 15 is 0 Å². The van der Waals surface area contributed by atoms with Crippen LogP contribution in [-0.2, 0) is 4.74 Å². The van der Waals surface area contributed by atoms with Gasteiger partial charge in [0.1, 0.15) is 12.3 Å². The summed E-state index contributed by atoms with van der Waals surface area (Å²) in [5.74, 6) is 0. The molecule has 2 N–H and O–H groups in total. The molecule has 1 fully saturated rings. The fourth-order valence-electron chi connectivity index (χ4n) is 2.20. The zero-order valence-corrected chi connectivity index (χ0v) is 10.8. The average molecular weight is 278 g/mol. The number of aliphatic hydroxyl groups excluding tert-OH is 1. The molecule has 4 atom stereocenters. The molecule has 0 saturated carbocycles. The zero-order valence-electron chi connectivity index (χ0n) is 10.8. The van der Waals surface area contributed by atoms with E-state index in [2.05, 4.69) is 20.2 Å². The molecule has 106 valence electrons. The molecule has 1 saturated heterocycles. The Balaban J connectivity index is 2.16. The first-order chi connectivity index (χ1) is 9.56. The van der Waals surface area contributed by atoms with Crippen LogP contribution >= 0.6 is 0 Å². The van der Waals surface area contributed by atoms with Crippen molar-refractivity contribution >= 4 is 6.03 Å². The van der Waals surface area contributed by atoms with Crippen molar-refractivity contribution < 1.29 is 14.6 Å². The Kier molecular flexibility index (Phi) is 4.10. The highest BCUT2D eigenvalue weighted by Gasteiger charge is 2.41. The normalized spacial score (nSPS) is 33.0. The predicted molar refractivity (Wildman–Crippen MR) is 67.8 cm³/mol. The van der Waals surface area contributed by atoms with E-state index in [0.717, 1.165) is 0 Å². The van der Waals surface area contributed by atoms with E-state index in [-0.39, 0.29) is 6.54 Å². The Labute approximate surface area is 115 Å². The minimum Gasteiger partial charge on any atom is -0.370 e. The van der Waals surface area contributed by atoms with Crippen molar-refractivity contribution in [3.63, 3.8) is 0 Å². The van der Waals surface area contributed by atoms with Crippen LogP contribution in [0.15, 0.2) is 16.9 Å². The molecule has 0 bridgehead atoms. The van der Waals surface area contributed by atoms with Crippen molar-refractivity contribution in [1.29, 1.82) is 0 Å². The SMILES string of the molecule is [C-]#[N+]C[C@H]1O[C@@H](N2C=C(C)C(O)NC2=O)C[C@@H]1N=[N+]=[N-]. The van der Waals surface area contributed by atoms with Crippen LogP contribution < -0.4 is 5.32 Å². The molecule has 2 rings (SSSR count). The second-order valence-electron chi connectivity index (χ2n) is 4.61. The standard InChI is InChI=1S/C11H14N6O3/c1-6-5-17(11(19)14-10(6)18)9-3-7(15-16-12)8(20-9)4-13-2/h5,7-10,18H,3-4H2,1H3,(H,14,19)/t7-,8+,9+,10?/m0/s1. The van der Waals surface area contributed by atoms with Gasteiger partial charge in [-0.3, -0.25) is 4.90 Å². The van der Waals surface area contributed by atoms with E-state index in [1.165, 1.54) is 11.1 Å². The van der Waals surface area contributed by atoms with Crippen LogP contribution in [0.25, 0.3) is 15.3 Å². The van der Waals surface area contributed by atoms with Gasteiger partial charge in [-0.25, -0.2) is 11.4 Å². The Bertz CT molecular complexity index is 521. The molecule has 2 heterocycles. The van der Waals surface area contributed by atoms with Gasteiger partial charge in [0.15, 0.2) is 6.23 Å². The van der Waals surface area contributed by atoms with Crippen LogP contribution in [0.2, 0.25) is 0 Å². The summed E-state index contributed by atoms with van der Waals surface area (Å²) >= 11 is 0. The van der Waals surface area contributed by atoms with Crippen molar-refractivity contribution in [3.05, 3.63) is 33.6 Å². The fraction of sp³-hybridized carbons (Fsp3) is 0.636. The van der Waals surface area contributed by atoms with E-state index in [0.29, 0.717) is 12.0 Å². The molecular formula is C11H14N6O3. The third kappa shape index (κ3) is 2.67. The number of hydrogen-bond donors (Lipinski definition) is 2. The number of azide groups is 1. The molecule has 0 aromatic heterocycles. The molecule has 2 aliphatic heterocycles. The van der Waals surface area contributed by atoms with Gasteiger partial charge in [0.05, 0.1) is 6.04 Å². The minimum absolute atomic E-state index is 0.0704. The lowest BCUT2D eigenvalue weighted by atomic mass is 10.1. The Hall–Kier alpha value is -2.27. The summed E-state index contributed by atoms with van der Waals surface area (Å²) in [6.07, 6.45) is -0.326. The molecule has 0 radical (unpaired) electrons. The Morgan fingerprint density at radius 3 is 3.15 bits per heavy atom. The second kappa shape index (κ2) is 5.79. The summed E-state index contributed by atoms with van der Waals surface area (Å²) < 4.78 is 5.62. The highest BCUT2D eigenvalue weighted by molar-refractivity contribution is 5.77. The number of aliphatic hydroxyl groups is 1. The van der Waals surface area contributed by atoms with E-state index in [9.17, 15) is 9.90 Å². The number of hydrogen-bond acceptors (Lipinski definition) is 4. The second-order valence-corrected chi connectivity index (χ2v) is 4.61. The molecule has 0 aromatic carbocycles. The van der Waals surface area contributed by atoms with Gasteiger partial charge < -0.3 is 20.0 Å². The van der Waals surface area contributed by atoms with Crippen molar-refractivity contribution in [1.82, 2.24) is 10.2 Å². The average Bonchev–Trinajstić information content (AvgIpc) is 2.78. The molecular weight excluding hydrogens is 264 g/mol. The molecule has 0 spiro atoms. The summed E-state index contributed by atoms with van der Waals surface area (Å²) in [5, 5.41) is 15.5. The van der Waals surface area contributed by atoms with Crippen molar-refractivity contribution in [2.45, 2.75) is 37.9 Å². The quantitative estimate of drug-likeness (QED) is 0.346. The number of carbonyl (C=O) groups is 1. The van der Waals surface area contributed by atoms with Gasteiger partial charge in [0, 0.05) is 17.5 Å². The Morgan fingerprint density at radius 1 is 1.75 bits per heavy atom. The molecule has 2 aliphatic rings. The van der Waals surface area contributed by atoms with Crippen molar-refractivity contribution in [3.8, 4) is 0 Å². The Morgan fingerprint density at radius 2 is 2.50 bits per heavy atom. The molecule has 0 aliphatic carbocycles. The number of urea groups is 1. The third-order valence-electron chi connectivity index (χ3n) is 3.25. The topological polar surface area (TPSA) is 115 Å². The molecule has 20 heavy (non-hydrogen) atoms. The first-order valence-electron chi connectivity index (χ1n) is 6.05. The smallest absolute Gasteiger partial charge is 0.325 e. The highest BCUT2D eigenvalue weighted by atomic mass is 16.5. The van der Waals surface area contributed by atoms with Crippen LogP contribution in [0.3, 0.4) is 0 Å². The van der Waals surface area contributed by atoms with Crippen LogP contribution in [-0.4, -0.2) is 47.2 Å². The van der Waals surface area contributed by atoms with Gasteiger partial charge in [-0.2, -0.15) is 0 Å². The zero-order chi connectivity index (χ0) is 14.7. The summed E-state index contributed by atoms with van der Waals surface area (Å²) in [6, 6.07) is -0.969. The third-order valence-corrected chi connectivity index (χ3v) is 3.25. The van der Waals surface area contributed by atoms with Crippen LogP contribution in [0.5, 0.6) is 0 Å². The lowest BCUT2D eigenvalue weighted by Gasteiger charge is -2.31.